The van der Waals surface area contributed by atoms with Crippen LogP contribution in [0.2, 0.25) is 0 Å². The number of alkyl carbamates (subject to hydrolysis) is 1. The van der Waals surface area contributed by atoms with Crippen LogP contribution in [-0.4, -0.2) is 93.2 Å². The Bertz CT molecular complexity index is 1930. The number of esters is 1. The van der Waals surface area contributed by atoms with E-state index in [1.54, 1.807) is 39.1 Å². The van der Waals surface area contributed by atoms with Crippen LogP contribution in [0.5, 0.6) is 0 Å². The standard InChI is InChI=1S/C37H51N7O5S.C3H6O2/c1-9-43-29-15-14-26(41-32(29)25(20-37(6,7)22-45)33(43)24-13-12-16-38-31(24)23(2)48-8)28-21-50-30(40-28)19-27(42-35(47)49-36(3,4)5)34(46)44-18-11-10-17-39-44;1-3(4)5-2/h12-16,21,23,27,39,45H,9-11,17-20,22H2,1-8H3,(H,42,47);1-2H3. The summed E-state index contributed by atoms with van der Waals surface area (Å²) in [6.45, 7) is 16.9. The number of nitrogens with one attached hydrogen (secondary N) is 2. The smallest absolute Gasteiger partial charge is 0.408 e. The van der Waals surface area contributed by atoms with Crippen LogP contribution in [0, 0.1) is 5.41 Å². The Hall–Kier alpha value is -4.44. The second-order valence-electron chi connectivity index (χ2n) is 15.3. The number of aliphatic hydroxyl groups is 1. The molecule has 3 N–H and O–H groups in total. The number of fused-ring (bicyclic) bond motifs is 1. The Morgan fingerprint density at radius 3 is 2.40 bits per heavy atom. The van der Waals surface area contributed by atoms with Gasteiger partial charge in [-0.25, -0.2) is 20.2 Å². The van der Waals surface area contributed by atoms with E-state index < -0.39 is 23.2 Å². The molecule has 0 radical (unpaired) electrons. The molecule has 15 heteroatoms. The number of hydrogen-bond acceptors (Lipinski definition) is 12. The van der Waals surface area contributed by atoms with Gasteiger partial charge in [0, 0.05) is 69.4 Å². The molecule has 1 aliphatic rings. The second-order valence-corrected chi connectivity index (χ2v) is 16.2. The van der Waals surface area contributed by atoms with Crippen LogP contribution < -0.4 is 10.7 Å². The molecule has 14 nitrogen and oxygen atoms in total. The average molecular weight is 780 g/mol. The molecule has 0 bridgehead atoms. The summed E-state index contributed by atoms with van der Waals surface area (Å²) in [5, 5.41) is 17.3. The van der Waals surface area contributed by atoms with Crippen LogP contribution in [0.4, 0.5) is 4.79 Å². The predicted molar refractivity (Wildman–Crippen MR) is 213 cm³/mol. The molecule has 2 atom stereocenters. The van der Waals surface area contributed by atoms with E-state index in [9.17, 15) is 19.5 Å². The van der Waals surface area contributed by atoms with Gasteiger partial charge < -0.3 is 29.2 Å². The summed E-state index contributed by atoms with van der Waals surface area (Å²) in [4.78, 5) is 50.8. The maximum atomic E-state index is 13.6. The summed E-state index contributed by atoms with van der Waals surface area (Å²) in [5.41, 5.74) is 9.08. The number of methoxy groups -OCH3 is 2. The van der Waals surface area contributed by atoms with E-state index in [0.717, 1.165) is 46.4 Å². The number of rotatable bonds is 12. The van der Waals surface area contributed by atoms with Crippen molar-refractivity contribution in [3.05, 3.63) is 52.1 Å². The van der Waals surface area contributed by atoms with Crippen molar-refractivity contribution in [3.63, 3.8) is 0 Å². The first kappa shape index (κ1) is 43.3. The minimum atomic E-state index is -0.860. The van der Waals surface area contributed by atoms with Crippen molar-refractivity contribution in [1.82, 2.24) is 35.3 Å². The van der Waals surface area contributed by atoms with Crippen molar-refractivity contribution < 1.29 is 33.7 Å². The van der Waals surface area contributed by atoms with Crippen molar-refractivity contribution >= 4 is 40.3 Å². The van der Waals surface area contributed by atoms with E-state index >= 15 is 0 Å². The average Bonchev–Trinajstić information content (AvgIpc) is 3.75. The monoisotopic (exact) mass is 779 g/mol. The summed E-state index contributed by atoms with van der Waals surface area (Å²) in [6, 6.07) is 7.20. The van der Waals surface area contributed by atoms with Gasteiger partial charge in [-0.05, 0) is 83.6 Å². The van der Waals surface area contributed by atoms with Gasteiger partial charge in [0.2, 0.25) is 0 Å². The molecule has 300 valence electrons. The lowest BCUT2D eigenvalue weighted by Crippen LogP contribution is -2.56. The Labute approximate surface area is 328 Å². The van der Waals surface area contributed by atoms with E-state index in [1.165, 1.54) is 25.4 Å². The topological polar surface area (TPSA) is 170 Å². The summed E-state index contributed by atoms with van der Waals surface area (Å²) < 4.78 is 17.6. The summed E-state index contributed by atoms with van der Waals surface area (Å²) in [6.07, 6.45) is 3.57. The molecule has 55 heavy (non-hydrogen) atoms. The molecule has 4 aromatic heterocycles. The molecule has 0 aromatic carbocycles. The molecule has 2 unspecified atom stereocenters. The van der Waals surface area contributed by atoms with Crippen LogP contribution in [-0.2, 0) is 43.2 Å². The Morgan fingerprint density at radius 1 is 1.07 bits per heavy atom. The first-order valence-corrected chi connectivity index (χ1v) is 19.5. The molecule has 0 spiro atoms. The lowest BCUT2D eigenvalue weighted by molar-refractivity contribution is -0.138. The molecule has 2 amide bonds. The molecule has 5 heterocycles. The van der Waals surface area contributed by atoms with Gasteiger partial charge in [-0.1, -0.05) is 13.8 Å². The van der Waals surface area contributed by atoms with Crippen LogP contribution in [0.15, 0.2) is 35.8 Å². The first-order valence-electron chi connectivity index (χ1n) is 18.7. The minimum absolute atomic E-state index is 0.0128. The van der Waals surface area contributed by atoms with E-state index in [0.29, 0.717) is 42.5 Å². The van der Waals surface area contributed by atoms with Gasteiger partial charge in [0.1, 0.15) is 11.6 Å². The van der Waals surface area contributed by atoms with Gasteiger partial charge in [-0.3, -0.25) is 19.6 Å². The third-order valence-corrected chi connectivity index (χ3v) is 9.96. The van der Waals surface area contributed by atoms with E-state index in [4.69, 9.17) is 24.4 Å². The first-order chi connectivity index (χ1) is 26.0. The summed E-state index contributed by atoms with van der Waals surface area (Å²) in [7, 11) is 3.03. The number of aryl methyl sites for hydroxylation is 1. The maximum absolute atomic E-state index is 13.6. The normalized spacial score (nSPS) is 14.5. The van der Waals surface area contributed by atoms with Crippen LogP contribution >= 0.6 is 11.3 Å². The number of carbonyl (C=O) groups excluding carboxylic acids is 3. The number of amides is 2. The van der Waals surface area contributed by atoms with Crippen molar-refractivity contribution in [3.8, 4) is 22.6 Å². The van der Waals surface area contributed by atoms with Crippen LogP contribution in [0.3, 0.4) is 0 Å². The molecule has 1 saturated heterocycles. The molecule has 1 aliphatic heterocycles. The largest absolute Gasteiger partial charge is 0.469 e. The van der Waals surface area contributed by atoms with Crippen LogP contribution in [0.25, 0.3) is 33.7 Å². The maximum Gasteiger partial charge on any atom is 0.408 e. The summed E-state index contributed by atoms with van der Waals surface area (Å²) >= 11 is 1.42. The quantitative estimate of drug-likeness (QED) is 0.139. The van der Waals surface area contributed by atoms with Crippen molar-refractivity contribution in [2.45, 2.75) is 105 Å². The molecule has 0 saturated carbocycles. The number of hydrazine groups is 1. The SMILES string of the molecule is CCn1c(-c2cccnc2C(C)OC)c(CC(C)(C)CO)c2nc(-c3csc(CC(NC(=O)OC(C)(C)C)C(=O)N4CCCCN4)n3)ccc21.COC(C)=O. The van der Waals surface area contributed by atoms with Gasteiger partial charge in [0.25, 0.3) is 5.91 Å². The number of hydrogen-bond donors (Lipinski definition) is 3. The fourth-order valence-corrected chi connectivity index (χ4v) is 7.07. The zero-order valence-corrected chi connectivity index (χ0v) is 34.6. The molecule has 0 aliphatic carbocycles. The molecular weight excluding hydrogens is 723 g/mol. The highest BCUT2D eigenvalue weighted by atomic mass is 32.1. The minimum Gasteiger partial charge on any atom is -0.469 e. The van der Waals surface area contributed by atoms with Crippen LogP contribution in [0.1, 0.15) is 90.6 Å². The Balaban J connectivity index is 0.00000126. The second kappa shape index (κ2) is 18.9. The highest BCUT2D eigenvalue weighted by Gasteiger charge is 2.31. The number of thiazole rings is 1. The Kier molecular flexibility index (Phi) is 14.9. The van der Waals surface area contributed by atoms with Gasteiger partial charge in [-0.2, -0.15) is 0 Å². The van der Waals surface area contributed by atoms with Crippen molar-refractivity contribution in [2.24, 2.45) is 5.41 Å². The third-order valence-electron chi connectivity index (χ3n) is 9.08. The number of ether oxygens (including phenoxy) is 3. The number of nitrogens with zero attached hydrogens (tertiary/aromatic N) is 5. The fraction of sp³-hybridized carbons (Fsp3) is 0.550. The molecule has 5 rings (SSSR count). The zero-order chi connectivity index (χ0) is 40.5. The van der Waals surface area contributed by atoms with Gasteiger partial charge in [-0.15, -0.1) is 11.3 Å². The van der Waals surface area contributed by atoms with E-state index in [2.05, 4.69) is 39.1 Å². The Morgan fingerprint density at radius 2 is 1.80 bits per heavy atom. The molecule has 1 fully saturated rings. The highest BCUT2D eigenvalue weighted by Crippen LogP contribution is 2.40. The molecular formula is C40H57N7O7S. The van der Waals surface area contributed by atoms with Crippen molar-refractivity contribution in [1.29, 1.82) is 0 Å². The number of carbonyl (C=O) groups is 3. The fourth-order valence-electron chi connectivity index (χ4n) is 6.23. The van der Waals surface area contributed by atoms with E-state index in [1.807, 2.05) is 38.3 Å². The van der Waals surface area contributed by atoms with E-state index in [-0.39, 0.29) is 31.0 Å². The predicted octanol–water partition coefficient (Wildman–Crippen LogP) is 6.25. The highest BCUT2D eigenvalue weighted by molar-refractivity contribution is 7.10. The number of aliphatic hydroxyl groups excluding tert-OH is 1. The number of aromatic nitrogens is 4. The number of pyridine rings is 2. The lowest BCUT2D eigenvalue weighted by Gasteiger charge is -2.31. The molecule has 4 aromatic rings. The zero-order valence-electron chi connectivity index (χ0n) is 33.8. The lowest BCUT2D eigenvalue weighted by atomic mass is 9.85. The van der Waals surface area contributed by atoms with Gasteiger partial charge in [0.15, 0.2) is 0 Å². The van der Waals surface area contributed by atoms with Crippen molar-refractivity contribution in [2.75, 3.05) is 33.9 Å². The van der Waals surface area contributed by atoms with Gasteiger partial charge in [0.05, 0.1) is 52.0 Å². The summed E-state index contributed by atoms with van der Waals surface area (Å²) in [5.74, 6) is -0.473. The van der Waals surface area contributed by atoms with Gasteiger partial charge >= 0.3 is 12.1 Å². The third kappa shape index (κ3) is 11.3.